The molecule has 41 heavy (non-hydrogen) atoms. The second-order valence-electron chi connectivity index (χ2n) is 11.1. The number of carbonyl (C=O) groups is 2. The first-order chi connectivity index (χ1) is 20.0. The van der Waals surface area contributed by atoms with Gasteiger partial charge in [-0.3, -0.25) is 9.59 Å². The molecule has 238 valence electrons. The molecule has 0 aliphatic rings. The number of hydrogen-bond acceptors (Lipinski definition) is 6. The third-order valence-corrected chi connectivity index (χ3v) is 7.04. The molecule has 0 aromatic carbocycles. The Morgan fingerprint density at radius 1 is 0.683 bits per heavy atom. The summed E-state index contributed by atoms with van der Waals surface area (Å²) in [6, 6.07) is 0. The van der Waals surface area contributed by atoms with Crippen molar-refractivity contribution in [2.45, 2.75) is 161 Å². The standard InChI is InChI=1S/C35H62O6/c1-3-5-7-9-11-13-14-15-16-18-19-21-23-26-32(37)27-25-29-34(38)40-31-33(30-36)41-35(39)28-24-22-20-17-12-10-8-6-4-2/h15-16,19,21,23,26,32-33,36-37H,3-14,17-18,20,22,24-25,27-31H2,1-2H3/b16-15+,21-19+,26-23+/t32?,33-/m0/s1. The number of aliphatic hydroxyl groups excluding tert-OH is 2. The SMILES string of the molecule is CCCCCCCC/C=C/C/C=C/C=C/C(O)CCCC(=O)OC[C@H](CO)OC(=O)CCCCCCCCCCC. The Kier molecular flexibility index (Phi) is 29.6. The van der Waals surface area contributed by atoms with Crippen molar-refractivity contribution in [1.82, 2.24) is 0 Å². The first kappa shape index (κ1) is 39.1. The Morgan fingerprint density at radius 3 is 1.90 bits per heavy atom. The van der Waals surface area contributed by atoms with Crippen LogP contribution in [0.1, 0.15) is 149 Å². The van der Waals surface area contributed by atoms with E-state index in [0.717, 1.165) is 32.1 Å². The maximum Gasteiger partial charge on any atom is 0.306 e. The van der Waals surface area contributed by atoms with Crippen molar-refractivity contribution >= 4 is 11.9 Å². The van der Waals surface area contributed by atoms with Crippen molar-refractivity contribution in [3.05, 3.63) is 36.5 Å². The number of hydrogen-bond donors (Lipinski definition) is 2. The fourth-order valence-electron chi connectivity index (χ4n) is 4.44. The summed E-state index contributed by atoms with van der Waals surface area (Å²) in [6.07, 6.45) is 32.4. The lowest BCUT2D eigenvalue weighted by atomic mass is 10.1. The number of ether oxygens (including phenoxy) is 2. The van der Waals surface area contributed by atoms with Gasteiger partial charge in [0, 0.05) is 12.8 Å². The number of esters is 2. The summed E-state index contributed by atoms with van der Waals surface area (Å²) in [6.45, 7) is 3.92. The Balaban J connectivity index is 3.81. The highest BCUT2D eigenvalue weighted by atomic mass is 16.6. The predicted molar refractivity (Wildman–Crippen MR) is 170 cm³/mol. The molecule has 2 atom stereocenters. The molecule has 0 saturated heterocycles. The molecule has 0 amide bonds. The zero-order valence-corrected chi connectivity index (χ0v) is 26.4. The Morgan fingerprint density at radius 2 is 1.27 bits per heavy atom. The molecule has 0 rings (SSSR count). The van der Waals surface area contributed by atoms with E-state index in [9.17, 15) is 19.8 Å². The minimum absolute atomic E-state index is 0.153. The summed E-state index contributed by atoms with van der Waals surface area (Å²) in [4.78, 5) is 24.0. The number of aliphatic hydroxyl groups is 2. The van der Waals surface area contributed by atoms with Gasteiger partial charge in [-0.25, -0.2) is 0 Å². The minimum Gasteiger partial charge on any atom is -0.462 e. The van der Waals surface area contributed by atoms with Gasteiger partial charge in [0.2, 0.25) is 0 Å². The topological polar surface area (TPSA) is 93.1 Å². The van der Waals surface area contributed by atoms with Crippen LogP contribution in [0.5, 0.6) is 0 Å². The van der Waals surface area contributed by atoms with E-state index < -0.39 is 18.2 Å². The van der Waals surface area contributed by atoms with Crippen LogP contribution in [-0.2, 0) is 19.1 Å². The van der Waals surface area contributed by atoms with Crippen LogP contribution in [0.15, 0.2) is 36.5 Å². The van der Waals surface area contributed by atoms with Gasteiger partial charge in [0.25, 0.3) is 0 Å². The summed E-state index contributed by atoms with van der Waals surface area (Å²) in [5, 5.41) is 19.5. The number of rotatable bonds is 29. The molecule has 0 bridgehead atoms. The van der Waals surface area contributed by atoms with Crippen molar-refractivity contribution in [3.63, 3.8) is 0 Å². The molecule has 0 heterocycles. The molecule has 0 aliphatic carbocycles. The predicted octanol–water partition coefficient (Wildman–Crippen LogP) is 8.70. The average Bonchev–Trinajstić information content (AvgIpc) is 2.96. The highest BCUT2D eigenvalue weighted by Crippen LogP contribution is 2.12. The highest BCUT2D eigenvalue weighted by Gasteiger charge is 2.16. The van der Waals surface area contributed by atoms with Crippen molar-refractivity contribution < 1.29 is 29.3 Å². The Hall–Kier alpha value is -1.92. The molecule has 0 aromatic heterocycles. The molecule has 6 heteroatoms. The van der Waals surface area contributed by atoms with Gasteiger partial charge in [0.1, 0.15) is 6.61 Å². The largest absolute Gasteiger partial charge is 0.462 e. The van der Waals surface area contributed by atoms with Gasteiger partial charge in [0.15, 0.2) is 6.10 Å². The summed E-state index contributed by atoms with van der Waals surface area (Å²) in [7, 11) is 0. The Labute approximate surface area is 251 Å². The normalized spacial score (nSPS) is 13.4. The number of unbranched alkanes of at least 4 members (excludes halogenated alkanes) is 14. The number of carbonyl (C=O) groups excluding carboxylic acids is 2. The molecule has 0 saturated carbocycles. The molecule has 0 fully saturated rings. The molecular formula is C35H62O6. The van der Waals surface area contributed by atoms with Crippen molar-refractivity contribution in [2.24, 2.45) is 0 Å². The summed E-state index contributed by atoms with van der Waals surface area (Å²) in [5.74, 6) is -0.793. The van der Waals surface area contributed by atoms with Crippen LogP contribution in [0.25, 0.3) is 0 Å². The van der Waals surface area contributed by atoms with Crippen LogP contribution < -0.4 is 0 Å². The van der Waals surface area contributed by atoms with Gasteiger partial charge in [-0.1, -0.05) is 134 Å². The second-order valence-corrected chi connectivity index (χ2v) is 11.1. The first-order valence-electron chi connectivity index (χ1n) is 16.7. The summed E-state index contributed by atoms with van der Waals surface area (Å²) < 4.78 is 10.4. The van der Waals surface area contributed by atoms with Crippen LogP contribution in [0.3, 0.4) is 0 Å². The molecule has 0 radical (unpaired) electrons. The van der Waals surface area contributed by atoms with Gasteiger partial charge in [-0.15, -0.1) is 0 Å². The van der Waals surface area contributed by atoms with E-state index in [4.69, 9.17) is 9.47 Å². The molecule has 1 unspecified atom stereocenters. The van der Waals surface area contributed by atoms with Gasteiger partial charge < -0.3 is 19.7 Å². The van der Waals surface area contributed by atoms with Crippen LogP contribution in [0.2, 0.25) is 0 Å². The van der Waals surface area contributed by atoms with E-state index >= 15 is 0 Å². The van der Waals surface area contributed by atoms with Crippen molar-refractivity contribution in [3.8, 4) is 0 Å². The van der Waals surface area contributed by atoms with Gasteiger partial charge in [-0.05, 0) is 38.5 Å². The lowest BCUT2D eigenvalue weighted by molar-refractivity contribution is -0.161. The molecule has 0 aliphatic heterocycles. The summed E-state index contributed by atoms with van der Waals surface area (Å²) >= 11 is 0. The molecule has 2 N–H and O–H groups in total. The maximum absolute atomic E-state index is 12.0. The van der Waals surface area contributed by atoms with E-state index in [1.165, 1.54) is 77.0 Å². The van der Waals surface area contributed by atoms with E-state index in [1.54, 1.807) is 6.08 Å². The van der Waals surface area contributed by atoms with Crippen LogP contribution in [0.4, 0.5) is 0 Å². The third kappa shape index (κ3) is 29.4. The van der Waals surface area contributed by atoms with E-state index in [0.29, 0.717) is 19.3 Å². The van der Waals surface area contributed by atoms with Crippen molar-refractivity contribution in [1.29, 1.82) is 0 Å². The first-order valence-corrected chi connectivity index (χ1v) is 16.7. The minimum atomic E-state index is -0.837. The fourth-order valence-corrected chi connectivity index (χ4v) is 4.44. The molecule has 0 spiro atoms. The van der Waals surface area contributed by atoms with Gasteiger partial charge >= 0.3 is 11.9 Å². The van der Waals surface area contributed by atoms with E-state index in [1.807, 2.05) is 12.2 Å². The average molecular weight is 579 g/mol. The smallest absolute Gasteiger partial charge is 0.306 e. The molecule has 0 aromatic rings. The monoisotopic (exact) mass is 578 g/mol. The van der Waals surface area contributed by atoms with E-state index in [2.05, 4.69) is 32.1 Å². The lowest BCUT2D eigenvalue weighted by Crippen LogP contribution is -2.28. The highest BCUT2D eigenvalue weighted by molar-refractivity contribution is 5.70. The van der Waals surface area contributed by atoms with Gasteiger partial charge in [0.05, 0.1) is 12.7 Å². The van der Waals surface area contributed by atoms with Crippen LogP contribution in [0, 0.1) is 0 Å². The number of allylic oxidation sites excluding steroid dienone is 5. The van der Waals surface area contributed by atoms with Crippen LogP contribution >= 0.6 is 0 Å². The Bertz CT molecular complexity index is 684. The summed E-state index contributed by atoms with van der Waals surface area (Å²) in [5.41, 5.74) is 0. The lowest BCUT2D eigenvalue weighted by Gasteiger charge is -2.16. The molecular weight excluding hydrogens is 516 g/mol. The third-order valence-electron chi connectivity index (χ3n) is 7.04. The fraction of sp³-hybridized carbons (Fsp3) is 0.771. The quantitative estimate of drug-likeness (QED) is 0.0399. The zero-order valence-electron chi connectivity index (χ0n) is 26.4. The van der Waals surface area contributed by atoms with Crippen molar-refractivity contribution in [2.75, 3.05) is 13.2 Å². The zero-order chi connectivity index (χ0) is 30.2. The second kappa shape index (κ2) is 31.0. The maximum atomic E-state index is 12.0. The van der Waals surface area contributed by atoms with Gasteiger partial charge in [-0.2, -0.15) is 0 Å². The van der Waals surface area contributed by atoms with Crippen LogP contribution in [-0.4, -0.2) is 47.6 Å². The van der Waals surface area contributed by atoms with E-state index in [-0.39, 0.29) is 25.6 Å². The molecule has 6 nitrogen and oxygen atoms in total.